The summed E-state index contributed by atoms with van der Waals surface area (Å²) in [6, 6.07) is 16.3. The third-order valence-corrected chi connectivity index (χ3v) is 6.26. The van der Waals surface area contributed by atoms with Crippen LogP contribution >= 0.6 is 0 Å². The van der Waals surface area contributed by atoms with E-state index < -0.39 is 0 Å². The first-order valence-electron chi connectivity index (χ1n) is 10.0. The largest absolute Gasteiger partial charge is 0.448 e. The lowest BCUT2D eigenvalue weighted by Crippen LogP contribution is -2.60. The normalized spacial score (nSPS) is 25.0. The van der Waals surface area contributed by atoms with Gasteiger partial charge in [0, 0.05) is 16.9 Å². The molecule has 2 aromatic carbocycles. The Hall–Kier alpha value is -3.02. The molecule has 7 nitrogen and oxygen atoms in total. The summed E-state index contributed by atoms with van der Waals surface area (Å²) in [7, 11) is 0. The number of carbonyl (C=O) groups is 1. The first-order chi connectivity index (χ1) is 14.3. The minimum atomic E-state index is -0.301. The molecule has 5 rings (SSSR count). The molecule has 2 heterocycles. The zero-order valence-electron chi connectivity index (χ0n) is 16.0. The Kier molecular flexibility index (Phi) is 4.62. The molecule has 2 atom stereocenters. The number of fused-ring (bicyclic) bond motifs is 5. The van der Waals surface area contributed by atoms with Gasteiger partial charge in [-0.2, -0.15) is 0 Å². The fraction of sp³-hybridized carbons (Fsp3) is 0.409. The van der Waals surface area contributed by atoms with Gasteiger partial charge >= 0.3 is 6.09 Å². The number of rotatable bonds is 3. The fourth-order valence-corrected chi connectivity index (χ4v) is 5.02. The predicted molar refractivity (Wildman–Crippen MR) is 107 cm³/mol. The van der Waals surface area contributed by atoms with E-state index >= 15 is 0 Å². The van der Waals surface area contributed by atoms with Crippen molar-refractivity contribution in [2.75, 3.05) is 19.8 Å². The van der Waals surface area contributed by atoms with Crippen LogP contribution in [-0.4, -0.2) is 48.9 Å². The summed E-state index contributed by atoms with van der Waals surface area (Å²) in [5.74, 6) is 0.0446. The van der Waals surface area contributed by atoms with Crippen molar-refractivity contribution in [2.45, 2.75) is 36.9 Å². The maximum absolute atomic E-state index is 13.0. The van der Waals surface area contributed by atoms with Crippen molar-refractivity contribution in [1.29, 1.82) is 0 Å². The van der Waals surface area contributed by atoms with Gasteiger partial charge in [-0.3, -0.25) is 4.90 Å². The van der Waals surface area contributed by atoms with Gasteiger partial charge in [0.05, 0.1) is 25.3 Å². The van der Waals surface area contributed by atoms with Gasteiger partial charge in [-0.25, -0.2) is 4.79 Å². The fourth-order valence-electron chi connectivity index (χ4n) is 5.02. The molecule has 2 saturated heterocycles. The van der Waals surface area contributed by atoms with Crippen LogP contribution in [0.2, 0.25) is 0 Å². The number of hydrogen-bond acceptors (Lipinski definition) is 4. The summed E-state index contributed by atoms with van der Waals surface area (Å²) in [5.41, 5.74) is 13.6. The van der Waals surface area contributed by atoms with Crippen LogP contribution in [0.5, 0.6) is 0 Å². The number of azide groups is 1. The highest BCUT2D eigenvalue weighted by atomic mass is 16.6. The molecule has 2 fully saturated rings. The molecule has 0 saturated carbocycles. The number of benzene rings is 2. The van der Waals surface area contributed by atoms with Crippen LogP contribution in [0.1, 0.15) is 29.9 Å². The Balaban J connectivity index is 1.33. The summed E-state index contributed by atoms with van der Waals surface area (Å²) >= 11 is 0. The van der Waals surface area contributed by atoms with E-state index in [1.165, 1.54) is 22.3 Å². The third kappa shape index (κ3) is 3.12. The van der Waals surface area contributed by atoms with Gasteiger partial charge in [-0.1, -0.05) is 53.6 Å². The van der Waals surface area contributed by atoms with Gasteiger partial charge in [0.1, 0.15) is 6.61 Å². The van der Waals surface area contributed by atoms with Crippen LogP contribution in [0.15, 0.2) is 53.6 Å². The lowest BCUT2D eigenvalue weighted by molar-refractivity contribution is -0.0695. The van der Waals surface area contributed by atoms with E-state index in [9.17, 15) is 4.79 Å². The van der Waals surface area contributed by atoms with Crippen molar-refractivity contribution in [2.24, 2.45) is 5.11 Å². The number of nitrogens with zero attached hydrogens (tertiary/aromatic N) is 4. The van der Waals surface area contributed by atoms with E-state index in [4.69, 9.17) is 15.0 Å². The van der Waals surface area contributed by atoms with Gasteiger partial charge in [-0.15, -0.1) is 0 Å². The maximum Gasteiger partial charge on any atom is 0.410 e. The van der Waals surface area contributed by atoms with Crippen LogP contribution in [0.3, 0.4) is 0 Å². The third-order valence-electron chi connectivity index (χ3n) is 6.26. The zero-order valence-corrected chi connectivity index (χ0v) is 16.0. The Labute approximate surface area is 168 Å². The van der Waals surface area contributed by atoms with E-state index in [2.05, 4.69) is 34.3 Å². The Morgan fingerprint density at radius 2 is 1.66 bits per heavy atom. The molecule has 7 heteroatoms. The number of piperidine rings is 1. The molecular weight excluding hydrogens is 368 g/mol. The predicted octanol–water partition coefficient (Wildman–Crippen LogP) is 4.48. The summed E-state index contributed by atoms with van der Waals surface area (Å²) in [6.45, 7) is 1.22. The van der Waals surface area contributed by atoms with Crippen LogP contribution in [-0.2, 0) is 9.47 Å². The summed E-state index contributed by atoms with van der Waals surface area (Å²) in [6.07, 6.45) is 0.930. The molecule has 0 N–H and O–H groups in total. The van der Waals surface area contributed by atoms with Gasteiger partial charge in [0.2, 0.25) is 0 Å². The van der Waals surface area contributed by atoms with Gasteiger partial charge in [0.25, 0.3) is 0 Å². The molecule has 29 heavy (non-hydrogen) atoms. The van der Waals surface area contributed by atoms with E-state index in [0.29, 0.717) is 32.7 Å². The second kappa shape index (κ2) is 7.43. The smallest absolute Gasteiger partial charge is 0.410 e. The minimum absolute atomic E-state index is 0.0446. The second-order valence-corrected chi connectivity index (χ2v) is 7.89. The number of ether oxygens (including phenoxy) is 2. The molecule has 1 amide bonds. The number of carbonyl (C=O) groups excluding carboxylic acids is 1. The molecule has 3 aliphatic rings. The topological polar surface area (TPSA) is 87.5 Å². The van der Waals surface area contributed by atoms with Crippen molar-refractivity contribution in [3.63, 3.8) is 0 Å². The number of amides is 1. The second-order valence-electron chi connectivity index (χ2n) is 7.89. The van der Waals surface area contributed by atoms with E-state index in [1.54, 1.807) is 4.90 Å². The minimum Gasteiger partial charge on any atom is -0.448 e. The lowest BCUT2D eigenvalue weighted by atomic mass is 9.91. The first kappa shape index (κ1) is 18.0. The molecule has 148 valence electrons. The van der Waals surface area contributed by atoms with E-state index in [-0.39, 0.29) is 30.1 Å². The number of hydrogen-bond donors (Lipinski definition) is 0. The zero-order chi connectivity index (χ0) is 19.8. The van der Waals surface area contributed by atoms with E-state index in [1.807, 2.05) is 24.3 Å². The maximum atomic E-state index is 13.0. The van der Waals surface area contributed by atoms with Crippen molar-refractivity contribution in [3.8, 4) is 11.1 Å². The molecule has 0 aromatic heterocycles. The highest BCUT2D eigenvalue weighted by Gasteiger charge is 2.42. The molecule has 0 spiro atoms. The highest BCUT2D eigenvalue weighted by molar-refractivity contribution is 5.79. The summed E-state index contributed by atoms with van der Waals surface area (Å²) in [5, 5.41) is 3.87. The van der Waals surface area contributed by atoms with Crippen molar-refractivity contribution >= 4 is 6.09 Å². The molecule has 0 radical (unpaired) electrons. The molecule has 2 unspecified atom stereocenters. The van der Waals surface area contributed by atoms with Gasteiger partial charge < -0.3 is 9.47 Å². The van der Waals surface area contributed by atoms with Gasteiger partial charge in [-0.05, 0) is 40.6 Å². The quantitative estimate of drug-likeness (QED) is 0.440. The first-order valence-corrected chi connectivity index (χ1v) is 10.0. The van der Waals surface area contributed by atoms with Crippen molar-refractivity contribution in [3.05, 3.63) is 70.1 Å². The van der Waals surface area contributed by atoms with Crippen LogP contribution < -0.4 is 0 Å². The molecule has 2 aliphatic heterocycles. The van der Waals surface area contributed by atoms with Crippen LogP contribution in [0.25, 0.3) is 21.6 Å². The molecule has 2 aromatic rings. The SMILES string of the molecule is [N-]=[N+]=NC1CC2COCC(C1)N2C(=O)OCC1c2ccccc2-c2ccccc21. The summed E-state index contributed by atoms with van der Waals surface area (Å²) < 4.78 is 11.5. The number of morpholine rings is 1. The highest BCUT2D eigenvalue weighted by Crippen LogP contribution is 2.44. The molecule has 1 aliphatic carbocycles. The van der Waals surface area contributed by atoms with E-state index in [0.717, 1.165) is 0 Å². The van der Waals surface area contributed by atoms with Crippen LogP contribution in [0, 0.1) is 0 Å². The molecule has 2 bridgehead atoms. The Bertz CT molecular complexity index is 928. The monoisotopic (exact) mass is 390 g/mol. The Morgan fingerprint density at radius 3 is 2.24 bits per heavy atom. The van der Waals surface area contributed by atoms with Crippen LogP contribution in [0.4, 0.5) is 4.79 Å². The molecular formula is C22H22N4O3. The van der Waals surface area contributed by atoms with Crippen molar-refractivity contribution < 1.29 is 14.3 Å². The van der Waals surface area contributed by atoms with Gasteiger partial charge in [0.15, 0.2) is 0 Å². The Morgan fingerprint density at radius 1 is 1.07 bits per heavy atom. The average Bonchev–Trinajstić information content (AvgIpc) is 3.05. The summed E-state index contributed by atoms with van der Waals surface area (Å²) in [4.78, 5) is 17.7. The van der Waals surface area contributed by atoms with Crippen molar-refractivity contribution in [1.82, 2.24) is 4.90 Å². The standard InChI is InChI=1S/C22H22N4O3/c23-25-24-14-9-15-11-28-12-16(10-14)26(15)22(27)29-13-21-19-7-3-1-5-17(19)18-6-2-4-8-20(18)21/h1-8,14-16,21H,9-13H2. The lowest BCUT2D eigenvalue weighted by Gasteiger charge is -2.46. The average molecular weight is 390 g/mol.